The molecule has 0 heterocycles. The topological polar surface area (TPSA) is 73.4 Å². The van der Waals surface area contributed by atoms with Crippen molar-refractivity contribution in [2.45, 2.75) is 102 Å². The van der Waals surface area contributed by atoms with Crippen LogP contribution < -0.4 is 10.0 Å². The molecule has 0 saturated heterocycles. The summed E-state index contributed by atoms with van der Waals surface area (Å²) in [4.78, 5) is 12.2. The van der Waals surface area contributed by atoms with E-state index in [0.29, 0.717) is 0 Å². The number of alkyl carbamates (subject to hydrolysis) is 1. The van der Waals surface area contributed by atoms with Gasteiger partial charge in [0.1, 0.15) is 10.3 Å². The Labute approximate surface area is 150 Å². The van der Waals surface area contributed by atoms with Crippen LogP contribution in [0, 0.1) is 5.41 Å². The number of ether oxygens (including phenoxy) is 1. The molecule has 2 aliphatic rings. The second-order valence-corrected chi connectivity index (χ2v) is 11.7. The quantitative estimate of drug-likeness (QED) is 0.752. The Morgan fingerprint density at radius 2 is 1.67 bits per heavy atom. The molecule has 6 heteroatoms. The maximum Gasteiger partial charge on any atom is 0.408 e. The lowest BCUT2D eigenvalue weighted by molar-refractivity contribution is 0.0458. The molecule has 0 aromatic carbocycles. The van der Waals surface area contributed by atoms with Crippen LogP contribution >= 0.6 is 0 Å². The number of carbonyl (C=O) groups is 1. The van der Waals surface area contributed by atoms with Crippen molar-refractivity contribution in [1.82, 2.24) is 10.0 Å². The first kappa shape index (κ1) is 19.9. The van der Waals surface area contributed by atoms with Crippen LogP contribution in [0.1, 0.15) is 80.6 Å². The van der Waals surface area contributed by atoms with E-state index in [1.165, 1.54) is 0 Å². The summed E-state index contributed by atoms with van der Waals surface area (Å²) in [5.74, 6) is 0. The highest BCUT2D eigenvalue weighted by Gasteiger charge is 2.58. The van der Waals surface area contributed by atoms with Gasteiger partial charge in [-0.1, -0.05) is 0 Å². The lowest BCUT2D eigenvalue weighted by atomic mass is 9.78. The van der Waals surface area contributed by atoms with Gasteiger partial charge in [0.2, 0.25) is 0 Å². The predicted molar refractivity (Wildman–Crippen MR) is 98.1 cm³/mol. The second-order valence-electron chi connectivity index (χ2n) is 9.67. The summed E-state index contributed by atoms with van der Waals surface area (Å²) in [5, 5.41) is 3.14. The molecule has 2 rings (SSSR count). The summed E-state index contributed by atoms with van der Waals surface area (Å²) in [6.45, 7) is 13.7. The summed E-state index contributed by atoms with van der Waals surface area (Å²) >= 11 is -1.07. The Bertz CT molecular complexity index is 474. The fraction of sp³-hybridized carbons (Fsp3) is 0.944. The number of fused-ring (bicyclic) bond motifs is 2. The Morgan fingerprint density at radius 1 is 1.12 bits per heavy atom. The Kier molecular flexibility index (Phi) is 5.27. The van der Waals surface area contributed by atoms with Crippen LogP contribution in [0.25, 0.3) is 0 Å². The zero-order valence-electron chi connectivity index (χ0n) is 16.2. The number of rotatable bonds is 4. The van der Waals surface area contributed by atoms with Gasteiger partial charge in [0.05, 0.1) is 6.04 Å². The van der Waals surface area contributed by atoms with Crippen molar-refractivity contribution < 1.29 is 14.1 Å². The number of amides is 1. The normalized spacial score (nSPS) is 32.5. The van der Waals surface area contributed by atoms with Gasteiger partial charge in [-0.3, -0.25) is 0 Å². The maximum atomic E-state index is 12.4. The highest BCUT2D eigenvalue weighted by Crippen LogP contribution is 2.58. The highest BCUT2D eigenvalue weighted by atomic mass is 32.2. The van der Waals surface area contributed by atoms with Crippen molar-refractivity contribution in [1.29, 1.82) is 0 Å². The number of carbonyl (C=O) groups excluding carboxylic acids is 1. The van der Waals surface area contributed by atoms with E-state index in [1.54, 1.807) is 0 Å². The molecule has 2 bridgehead atoms. The van der Waals surface area contributed by atoms with E-state index in [4.69, 9.17) is 4.74 Å². The molecule has 0 aromatic heterocycles. The molecule has 2 fully saturated rings. The third-order valence-electron chi connectivity index (χ3n) is 5.42. The first-order chi connectivity index (χ1) is 10.8. The van der Waals surface area contributed by atoms with Crippen molar-refractivity contribution in [3.63, 3.8) is 0 Å². The van der Waals surface area contributed by atoms with E-state index < -0.39 is 17.0 Å². The molecule has 140 valence electrons. The standard InChI is InChI=1S/C18H34N2O3S/c1-13(20-24(22)16(5,6)7)17-8-10-18(12-17,11-9-17)19-14(21)23-15(2,3)4/h13,20H,8-12H2,1-7H3,(H,19,21)/t13-,17?,18?,24?/m0/s1. The average molecular weight is 359 g/mol. The summed E-state index contributed by atoms with van der Waals surface area (Å²) in [7, 11) is 0. The molecule has 2 saturated carbocycles. The van der Waals surface area contributed by atoms with E-state index in [9.17, 15) is 9.35 Å². The molecule has 2 aliphatic carbocycles. The van der Waals surface area contributed by atoms with E-state index in [1.807, 2.05) is 41.5 Å². The maximum absolute atomic E-state index is 12.4. The van der Waals surface area contributed by atoms with E-state index >= 15 is 0 Å². The summed E-state index contributed by atoms with van der Waals surface area (Å²) in [6.07, 6.45) is 4.67. The molecular formula is C18H34N2O3S. The van der Waals surface area contributed by atoms with Crippen LogP contribution in [0.2, 0.25) is 0 Å². The molecule has 2 N–H and O–H groups in total. The molecule has 0 aromatic rings. The molecule has 24 heavy (non-hydrogen) atoms. The average Bonchev–Trinajstić information content (AvgIpc) is 2.91. The van der Waals surface area contributed by atoms with Gasteiger partial charge in [-0.05, 0) is 86.0 Å². The van der Waals surface area contributed by atoms with E-state index in [0.717, 1.165) is 32.1 Å². The van der Waals surface area contributed by atoms with Gasteiger partial charge in [0.25, 0.3) is 0 Å². The van der Waals surface area contributed by atoms with Crippen molar-refractivity contribution in [2.24, 2.45) is 5.41 Å². The third-order valence-corrected chi connectivity index (χ3v) is 7.10. The van der Waals surface area contributed by atoms with Gasteiger partial charge in [-0.2, -0.15) is 0 Å². The Hall–Kier alpha value is -0.460. The minimum absolute atomic E-state index is 0.121. The SMILES string of the molecule is C[C@H](N[S+]([O-])C(C)(C)C)C12CCC(NC(=O)OC(C)(C)C)(CC1)C2. The third kappa shape index (κ3) is 4.38. The second kappa shape index (κ2) is 6.36. The van der Waals surface area contributed by atoms with Crippen molar-refractivity contribution >= 4 is 17.5 Å². The van der Waals surface area contributed by atoms with Crippen LogP contribution in [0.4, 0.5) is 4.79 Å². The van der Waals surface area contributed by atoms with Crippen molar-refractivity contribution in [3.8, 4) is 0 Å². The smallest absolute Gasteiger partial charge is 0.408 e. The van der Waals surface area contributed by atoms with E-state index in [2.05, 4.69) is 17.0 Å². The zero-order chi connectivity index (χ0) is 18.4. The predicted octanol–water partition coefficient (Wildman–Crippen LogP) is 3.65. The fourth-order valence-corrected chi connectivity index (χ4v) is 4.92. The van der Waals surface area contributed by atoms with Crippen LogP contribution in [0.3, 0.4) is 0 Å². The lowest BCUT2D eigenvalue weighted by Crippen LogP contribution is -2.49. The molecule has 0 aliphatic heterocycles. The Morgan fingerprint density at radius 3 is 2.12 bits per heavy atom. The molecule has 1 unspecified atom stereocenters. The van der Waals surface area contributed by atoms with Gasteiger partial charge in [0.15, 0.2) is 0 Å². The minimum Gasteiger partial charge on any atom is -0.598 e. The van der Waals surface area contributed by atoms with Crippen molar-refractivity contribution in [3.05, 3.63) is 0 Å². The van der Waals surface area contributed by atoms with Crippen LogP contribution in [0.5, 0.6) is 0 Å². The zero-order valence-corrected chi connectivity index (χ0v) is 17.1. The van der Waals surface area contributed by atoms with Crippen molar-refractivity contribution in [2.75, 3.05) is 0 Å². The Balaban J connectivity index is 1.98. The van der Waals surface area contributed by atoms with Crippen LogP contribution in [-0.4, -0.2) is 32.6 Å². The van der Waals surface area contributed by atoms with Gasteiger partial charge in [0, 0.05) is 16.9 Å². The fourth-order valence-electron chi connectivity index (χ4n) is 3.99. The molecular weight excluding hydrogens is 324 g/mol. The monoisotopic (exact) mass is 358 g/mol. The number of hydrogen-bond acceptors (Lipinski definition) is 4. The molecule has 1 amide bonds. The lowest BCUT2D eigenvalue weighted by Gasteiger charge is -2.36. The van der Waals surface area contributed by atoms with Crippen LogP contribution in [0.15, 0.2) is 0 Å². The summed E-state index contributed by atoms with van der Waals surface area (Å²) in [6, 6.07) is 0.169. The number of hydrogen-bond donors (Lipinski definition) is 2. The highest BCUT2D eigenvalue weighted by molar-refractivity contribution is 7.90. The summed E-state index contributed by atoms with van der Waals surface area (Å²) in [5.41, 5.74) is -0.509. The van der Waals surface area contributed by atoms with Gasteiger partial charge in [-0.15, -0.1) is 4.72 Å². The molecule has 0 radical (unpaired) electrons. The first-order valence-electron chi connectivity index (χ1n) is 8.96. The largest absolute Gasteiger partial charge is 0.598 e. The van der Waals surface area contributed by atoms with Crippen LogP contribution in [-0.2, 0) is 16.1 Å². The number of nitrogens with one attached hydrogen (secondary N) is 2. The molecule has 0 spiro atoms. The summed E-state index contributed by atoms with van der Waals surface area (Å²) < 4.78 is 20.9. The van der Waals surface area contributed by atoms with E-state index in [-0.39, 0.29) is 27.8 Å². The van der Waals surface area contributed by atoms with Gasteiger partial charge in [-0.25, -0.2) is 4.79 Å². The van der Waals surface area contributed by atoms with Gasteiger partial charge < -0.3 is 14.6 Å². The first-order valence-corrected chi connectivity index (χ1v) is 10.1. The molecule has 2 atom stereocenters. The minimum atomic E-state index is -1.07. The van der Waals surface area contributed by atoms with Gasteiger partial charge >= 0.3 is 6.09 Å². The molecule has 5 nitrogen and oxygen atoms in total.